The molecule has 0 aromatic heterocycles. The summed E-state index contributed by atoms with van der Waals surface area (Å²) < 4.78 is 0. The Morgan fingerprint density at radius 1 is 1.62 bits per heavy atom. The smallest absolute Gasteiger partial charge is 0.329 e. The molecule has 1 amide bonds. The van der Waals surface area contributed by atoms with Crippen molar-refractivity contribution in [1.82, 2.24) is 5.32 Å². The van der Waals surface area contributed by atoms with Crippen LogP contribution in [0.4, 0.5) is 0 Å². The van der Waals surface area contributed by atoms with Crippen molar-refractivity contribution in [3.05, 3.63) is 0 Å². The summed E-state index contributed by atoms with van der Waals surface area (Å²) in [5, 5.41) is 11.6. The Bertz CT molecular complexity index is 227. The van der Waals surface area contributed by atoms with Crippen LogP contribution < -0.4 is 5.32 Å². The maximum absolute atomic E-state index is 11.2. The Balaban J connectivity index is 2.82. The van der Waals surface area contributed by atoms with Gasteiger partial charge in [0.25, 0.3) is 0 Å². The van der Waals surface area contributed by atoms with Crippen LogP contribution >= 0.6 is 0 Å². The first-order valence-electron chi connectivity index (χ1n) is 4.65. The molecule has 1 atom stereocenters. The zero-order valence-corrected chi connectivity index (χ0v) is 7.80. The minimum absolute atomic E-state index is 0.137. The summed E-state index contributed by atoms with van der Waals surface area (Å²) in [5.41, 5.74) is -1.01. The summed E-state index contributed by atoms with van der Waals surface area (Å²) in [4.78, 5) is 22.2. The van der Waals surface area contributed by atoms with Crippen molar-refractivity contribution in [2.24, 2.45) is 0 Å². The van der Waals surface area contributed by atoms with Gasteiger partial charge in [-0.2, -0.15) is 0 Å². The van der Waals surface area contributed by atoms with Crippen LogP contribution in [-0.4, -0.2) is 22.5 Å². The highest BCUT2D eigenvalue weighted by molar-refractivity contribution is 5.87. The normalized spacial score (nSPS) is 29.2. The third-order valence-electron chi connectivity index (χ3n) is 2.65. The number of carbonyl (C=O) groups excluding carboxylic acids is 1. The highest BCUT2D eigenvalue weighted by Crippen LogP contribution is 2.22. The summed E-state index contributed by atoms with van der Waals surface area (Å²) in [6, 6.07) is 0. The van der Waals surface area contributed by atoms with Gasteiger partial charge in [0.1, 0.15) is 5.54 Å². The molecule has 13 heavy (non-hydrogen) atoms. The van der Waals surface area contributed by atoms with Gasteiger partial charge in [0.2, 0.25) is 5.91 Å². The zero-order valence-electron chi connectivity index (χ0n) is 7.80. The van der Waals surface area contributed by atoms with Crippen molar-refractivity contribution in [3.8, 4) is 0 Å². The number of aliphatic carboxylic acids is 1. The Morgan fingerprint density at radius 3 is 2.85 bits per heavy atom. The second-order valence-corrected chi connectivity index (χ2v) is 3.50. The van der Waals surface area contributed by atoms with Gasteiger partial charge in [-0.25, -0.2) is 4.79 Å². The molecular weight excluding hydrogens is 170 g/mol. The zero-order chi connectivity index (χ0) is 9.90. The average Bonchev–Trinajstić information content (AvgIpc) is 2.27. The van der Waals surface area contributed by atoms with Crippen molar-refractivity contribution in [2.75, 3.05) is 0 Å². The molecule has 1 aliphatic heterocycles. The van der Waals surface area contributed by atoms with Crippen LogP contribution in [0.1, 0.15) is 39.0 Å². The van der Waals surface area contributed by atoms with Gasteiger partial charge in [0.15, 0.2) is 0 Å². The summed E-state index contributed by atoms with van der Waals surface area (Å²) in [6.07, 6.45) is 3.05. The summed E-state index contributed by atoms with van der Waals surface area (Å²) in [6.45, 7) is 1.79. The van der Waals surface area contributed by atoms with E-state index in [1.165, 1.54) is 0 Å². The van der Waals surface area contributed by atoms with E-state index in [1.807, 2.05) is 0 Å². The van der Waals surface area contributed by atoms with Gasteiger partial charge in [-0.15, -0.1) is 0 Å². The number of carboxylic acid groups (broad SMARTS) is 1. The fraction of sp³-hybridized carbons (Fsp3) is 0.778. The van der Waals surface area contributed by atoms with Crippen LogP contribution in [0.2, 0.25) is 0 Å². The molecule has 1 rings (SSSR count). The maximum Gasteiger partial charge on any atom is 0.329 e. The second-order valence-electron chi connectivity index (χ2n) is 3.50. The van der Waals surface area contributed by atoms with Crippen molar-refractivity contribution in [2.45, 2.75) is 44.6 Å². The molecule has 0 aromatic carbocycles. The quantitative estimate of drug-likeness (QED) is 0.672. The number of amides is 1. The van der Waals surface area contributed by atoms with Gasteiger partial charge in [0, 0.05) is 6.42 Å². The lowest BCUT2D eigenvalue weighted by atomic mass is 9.91. The van der Waals surface area contributed by atoms with Crippen LogP contribution in [0, 0.1) is 0 Å². The molecule has 1 fully saturated rings. The third-order valence-corrected chi connectivity index (χ3v) is 2.65. The fourth-order valence-corrected chi connectivity index (χ4v) is 1.68. The van der Waals surface area contributed by atoms with Gasteiger partial charge < -0.3 is 10.4 Å². The first-order valence-corrected chi connectivity index (χ1v) is 4.65. The molecule has 4 heteroatoms. The molecule has 4 nitrogen and oxygen atoms in total. The minimum Gasteiger partial charge on any atom is -0.480 e. The summed E-state index contributed by atoms with van der Waals surface area (Å²) >= 11 is 0. The van der Waals surface area contributed by atoms with Gasteiger partial charge in [-0.3, -0.25) is 4.79 Å². The first kappa shape index (κ1) is 10.0. The topological polar surface area (TPSA) is 66.4 Å². The molecule has 0 spiro atoms. The van der Waals surface area contributed by atoms with E-state index < -0.39 is 11.5 Å². The lowest BCUT2D eigenvalue weighted by molar-refractivity contribution is -0.147. The second kappa shape index (κ2) is 3.77. The van der Waals surface area contributed by atoms with E-state index in [1.54, 1.807) is 6.92 Å². The van der Waals surface area contributed by atoms with E-state index in [2.05, 4.69) is 5.32 Å². The highest BCUT2D eigenvalue weighted by Gasteiger charge is 2.38. The van der Waals surface area contributed by atoms with E-state index >= 15 is 0 Å². The molecule has 1 heterocycles. The van der Waals surface area contributed by atoms with E-state index in [-0.39, 0.29) is 5.91 Å². The van der Waals surface area contributed by atoms with Crippen molar-refractivity contribution < 1.29 is 14.7 Å². The molecule has 1 aliphatic rings. The molecule has 0 saturated carbocycles. The molecule has 0 radical (unpaired) electrons. The number of carboxylic acids is 1. The third kappa shape index (κ3) is 1.99. The van der Waals surface area contributed by atoms with Gasteiger partial charge in [-0.05, 0) is 25.7 Å². The van der Waals surface area contributed by atoms with Crippen molar-refractivity contribution in [1.29, 1.82) is 0 Å². The molecule has 74 valence electrons. The van der Waals surface area contributed by atoms with Crippen LogP contribution in [0.3, 0.4) is 0 Å². The highest BCUT2D eigenvalue weighted by atomic mass is 16.4. The monoisotopic (exact) mass is 185 g/mol. The molecule has 2 N–H and O–H groups in total. The molecule has 1 saturated heterocycles. The maximum atomic E-state index is 11.2. The Labute approximate surface area is 77.3 Å². The number of carbonyl (C=O) groups is 2. The van der Waals surface area contributed by atoms with Crippen molar-refractivity contribution >= 4 is 11.9 Å². The molecule has 0 bridgehead atoms. The summed E-state index contributed by atoms with van der Waals surface area (Å²) in [5.74, 6) is -1.05. The minimum atomic E-state index is -1.01. The standard InChI is InChI=1S/C9H15NO3/c1-2-9(8(12)13)6-4-3-5-7(11)10-9/h2-6H2,1H3,(H,10,11)(H,12,13)/t9-/m1/s1. The largest absolute Gasteiger partial charge is 0.480 e. The molecule has 0 unspecified atom stereocenters. The number of nitrogens with one attached hydrogen (secondary N) is 1. The molecule has 0 aliphatic carbocycles. The number of hydrogen-bond acceptors (Lipinski definition) is 2. The van der Waals surface area contributed by atoms with Crippen LogP contribution in [-0.2, 0) is 9.59 Å². The van der Waals surface area contributed by atoms with Crippen molar-refractivity contribution in [3.63, 3.8) is 0 Å². The number of hydrogen-bond donors (Lipinski definition) is 2. The first-order chi connectivity index (χ1) is 6.10. The van der Waals surface area contributed by atoms with Gasteiger partial charge >= 0.3 is 5.97 Å². The van der Waals surface area contributed by atoms with Crippen LogP contribution in [0.15, 0.2) is 0 Å². The van der Waals surface area contributed by atoms with E-state index in [0.29, 0.717) is 19.3 Å². The van der Waals surface area contributed by atoms with E-state index in [9.17, 15) is 9.59 Å². The van der Waals surface area contributed by atoms with Gasteiger partial charge in [0.05, 0.1) is 0 Å². The SMILES string of the molecule is CC[C@]1(C(=O)O)CCCCC(=O)N1. The predicted molar refractivity (Wildman–Crippen MR) is 47.3 cm³/mol. The molecule has 0 aromatic rings. The lowest BCUT2D eigenvalue weighted by Gasteiger charge is -2.27. The predicted octanol–water partition coefficient (Wildman–Crippen LogP) is 0.910. The van der Waals surface area contributed by atoms with E-state index in [4.69, 9.17) is 5.11 Å². The Hall–Kier alpha value is -1.06. The Kier molecular flexibility index (Phi) is 2.90. The number of rotatable bonds is 2. The summed E-state index contributed by atoms with van der Waals surface area (Å²) in [7, 11) is 0. The van der Waals surface area contributed by atoms with Gasteiger partial charge in [-0.1, -0.05) is 6.92 Å². The van der Waals surface area contributed by atoms with Crippen LogP contribution in [0.25, 0.3) is 0 Å². The average molecular weight is 185 g/mol. The van der Waals surface area contributed by atoms with Crippen LogP contribution in [0.5, 0.6) is 0 Å². The van der Waals surface area contributed by atoms with E-state index in [0.717, 1.165) is 12.8 Å². The Morgan fingerprint density at radius 2 is 2.31 bits per heavy atom. The fourth-order valence-electron chi connectivity index (χ4n) is 1.68. The lowest BCUT2D eigenvalue weighted by Crippen LogP contribution is -2.53. The molecular formula is C9H15NO3.